The molecule has 2 atom stereocenters. The number of amides is 2. The van der Waals surface area contributed by atoms with Crippen LogP contribution in [0.15, 0.2) is 28.7 Å². The molecule has 1 N–H and O–H groups in total. The van der Waals surface area contributed by atoms with E-state index in [4.69, 9.17) is 0 Å². The van der Waals surface area contributed by atoms with E-state index in [1.54, 1.807) is 11.9 Å². The van der Waals surface area contributed by atoms with Crippen LogP contribution in [0, 0.1) is 0 Å². The molecule has 0 aromatic heterocycles. The molecule has 0 radical (unpaired) electrons. The van der Waals surface area contributed by atoms with Gasteiger partial charge in [-0.05, 0) is 18.6 Å². The van der Waals surface area contributed by atoms with Gasteiger partial charge >= 0.3 is 12.0 Å². The minimum absolute atomic E-state index is 0.125. The largest absolute Gasteiger partial charge is 0.480 e. The van der Waals surface area contributed by atoms with E-state index in [0.29, 0.717) is 12.3 Å². The van der Waals surface area contributed by atoms with Gasteiger partial charge in [-0.25, -0.2) is 9.59 Å². The number of carboxylic acid groups (broad SMARTS) is 1. The first-order valence-corrected chi connectivity index (χ1v) is 8.37. The van der Waals surface area contributed by atoms with Gasteiger partial charge in [0.05, 0.1) is 5.37 Å². The van der Waals surface area contributed by atoms with Crippen LogP contribution in [0.4, 0.5) is 4.79 Å². The summed E-state index contributed by atoms with van der Waals surface area (Å²) in [7, 11) is 1.69. The van der Waals surface area contributed by atoms with Crippen molar-refractivity contribution in [3.05, 3.63) is 34.3 Å². The second kappa shape index (κ2) is 6.70. The number of hydrogen-bond acceptors (Lipinski definition) is 3. The highest BCUT2D eigenvalue weighted by molar-refractivity contribution is 9.10. The summed E-state index contributed by atoms with van der Waals surface area (Å²) in [5.41, 5.74) is 0.986. The van der Waals surface area contributed by atoms with Gasteiger partial charge in [0, 0.05) is 23.8 Å². The summed E-state index contributed by atoms with van der Waals surface area (Å²) in [4.78, 5) is 26.8. The maximum atomic E-state index is 12.5. The molecule has 0 saturated carbocycles. The SMILES string of the molecule is CC1SCC(C(=O)O)N1C(=O)N(C)Cc1ccccc1Br. The van der Waals surface area contributed by atoms with Crippen LogP contribution in [0.3, 0.4) is 0 Å². The fourth-order valence-corrected chi connectivity index (χ4v) is 3.84. The molecular formula is C14H17BrN2O3S. The highest BCUT2D eigenvalue weighted by Gasteiger charge is 2.40. The summed E-state index contributed by atoms with van der Waals surface area (Å²) in [5, 5.41) is 9.11. The lowest BCUT2D eigenvalue weighted by Gasteiger charge is -2.30. The van der Waals surface area contributed by atoms with Crippen molar-refractivity contribution >= 4 is 39.7 Å². The number of carbonyl (C=O) groups excluding carboxylic acids is 1. The lowest BCUT2D eigenvalue weighted by atomic mass is 10.2. The zero-order chi connectivity index (χ0) is 15.6. The number of urea groups is 1. The smallest absolute Gasteiger partial charge is 0.327 e. The van der Waals surface area contributed by atoms with Crippen LogP contribution in [0.1, 0.15) is 12.5 Å². The van der Waals surface area contributed by atoms with Gasteiger partial charge in [0.25, 0.3) is 0 Å². The lowest BCUT2D eigenvalue weighted by Crippen LogP contribution is -2.49. The van der Waals surface area contributed by atoms with Gasteiger partial charge in [0.1, 0.15) is 6.04 Å². The molecule has 2 amide bonds. The molecule has 114 valence electrons. The number of rotatable bonds is 3. The van der Waals surface area contributed by atoms with Crippen molar-refractivity contribution in [3.63, 3.8) is 0 Å². The average Bonchev–Trinajstić information content (AvgIpc) is 2.82. The van der Waals surface area contributed by atoms with Crippen LogP contribution >= 0.6 is 27.7 Å². The number of halogens is 1. The lowest BCUT2D eigenvalue weighted by molar-refractivity contribution is -0.141. The number of nitrogens with zero attached hydrogens (tertiary/aromatic N) is 2. The van der Waals surface area contributed by atoms with E-state index < -0.39 is 12.0 Å². The summed E-state index contributed by atoms with van der Waals surface area (Å²) in [6.07, 6.45) is 0. The molecule has 1 fully saturated rings. The highest BCUT2D eigenvalue weighted by Crippen LogP contribution is 2.30. The van der Waals surface area contributed by atoms with Crippen molar-refractivity contribution in [1.82, 2.24) is 9.80 Å². The Bertz CT molecular complexity index is 555. The Morgan fingerprint density at radius 2 is 2.14 bits per heavy atom. The van der Waals surface area contributed by atoms with Gasteiger partial charge in [-0.3, -0.25) is 4.90 Å². The number of benzene rings is 1. The minimum Gasteiger partial charge on any atom is -0.480 e. The van der Waals surface area contributed by atoms with Crippen molar-refractivity contribution in [3.8, 4) is 0 Å². The monoisotopic (exact) mass is 372 g/mol. The average molecular weight is 373 g/mol. The fraction of sp³-hybridized carbons (Fsp3) is 0.429. The highest BCUT2D eigenvalue weighted by atomic mass is 79.9. The van der Waals surface area contributed by atoms with Gasteiger partial charge in [-0.2, -0.15) is 0 Å². The van der Waals surface area contributed by atoms with E-state index in [2.05, 4.69) is 15.9 Å². The van der Waals surface area contributed by atoms with Crippen molar-refractivity contribution in [2.75, 3.05) is 12.8 Å². The second-order valence-electron chi connectivity index (χ2n) is 4.92. The molecule has 1 saturated heterocycles. The Balaban J connectivity index is 2.11. The molecule has 0 aliphatic carbocycles. The standard InChI is InChI=1S/C14H17BrN2O3S/c1-9-17(12(8-21-9)13(18)19)14(20)16(2)7-10-5-3-4-6-11(10)15/h3-6,9,12H,7-8H2,1-2H3,(H,18,19). The van der Waals surface area contributed by atoms with Crippen LogP contribution in [0.25, 0.3) is 0 Å². The Morgan fingerprint density at radius 3 is 2.76 bits per heavy atom. The number of thioether (sulfide) groups is 1. The molecule has 7 heteroatoms. The van der Waals surface area contributed by atoms with Crippen molar-refractivity contribution in [1.29, 1.82) is 0 Å². The second-order valence-corrected chi connectivity index (χ2v) is 7.13. The number of carboxylic acids is 1. The predicted octanol–water partition coefficient (Wildman–Crippen LogP) is 2.85. The normalized spacial score (nSPS) is 21.4. The van der Waals surface area contributed by atoms with Gasteiger partial charge in [-0.1, -0.05) is 34.1 Å². The molecule has 2 unspecified atom stereocenters. The van der Waals surface area contributed by atoms with Crippen molar-refractivity contribution in [2.45, 2.75) is 24.9 Å². The van der Waals surface area contributed by atoms with Crippen LogP contribution in [0.2, 0.25) is 0 Å². The van der Waals surface area contributed by atoms with E-state index in [9.17, 15) is 14.7 Å². The van der Waals surface area contributed by atoms with Gasteiger partial charge in [0.2, 0.25) is 0 Å². The molecule has 1 heterocycles. The third kappa shape index (κ3) is 3.52. The molecule has 0 bridgehead atoms. The minimum atomic E-state index is -0.950. The first kappa shape index (κ1) is 16.2. The zero-order valence-corrected chi connectivity index (χ0v) is 14.2. The number of hydrogen-bond donors (Lipinski definition) is 1. The summed E-state index contributed by atoms with van der Waals surface area (Å²) < 4.78 is 0.934. The van der Waals surface area contributed by atoms with Gasteiger partial charge < -0.3 is 10.0 Å². The quantitative estimate of drug-likeness (QED) is 0.885. The van der Waals surface area contributed by atoms with Crippen molar-refractivity contribution in [2.24, 2.45) is 0 Å². The third-order valence-electron chi connectivity index (χ3n) is 3.42. The Morgan fingerprint density at radius 1 is 1.48 bits per heavy atom. The molecule has 5 nitrogen and oxygen atoms in total. The maximum absolute atomic E-state index is 12.5. The van der Waals surface area contributed by atoms with Crippen LogP contribution in [-0.4, -0.2) is 51.1 Å². The van der Waals surface area contributed by atoms with E-state index >= 15 is 0 Å². The summed E-state index contributed by atoms with van der Waals surface area (Å²) in [5.74, 6) is -0.514. The van der Waals surface area contributed by atoms with Crippen LogP contribution in [-0.2, 0) is 11.3 Å². The van der Waals surface area contributed by atoms with Gasteiger partial charge in [0.15, 0.2) is 0 Å². The van der Waals surface area contributed by atoms with Crippen LogP contribution < -0.4 is 0 Å². The van der Waals surface area contributed by atoms with Crippen LogP contribution in [0.5, 0.6) is 0 Å². The van der Waals surface area contributed by atoms with E-state index in [1.807, 2.05) is 31.2 Å². The number of carbonyl (C=O) groups is 2. The molecular weight excluding hydrogens is 356 g/mol. The molecule has 1 aromatic carbocycles. The summed E-state index contributed by atoms with van der Waals surface area (Å²) in [6.45, 7) is 2.29. The summed E-state index contributed by atoms with van der Waals surface area (Å²) >= 11 is 4.94. The fourth-order valence-electron chi connectivity index (χ4n) is 2.27. The molecule has 1 aliphatic rings. The molecule has 21 heavy (non-hydrogen) atoms. The van der Waals surface area contributed by atoms with E-state index in [0.717, 1.165) is 10.0 Å². The predicted molar refractivity (Wildman–Crippen MR) is 86.2 cm³/mol. The Hall–Kier alpha value is -1.21. The topological polar surface area (TPSA) is 60.9 Å². The van der Waals surface area contributed by atoms with Gasteiger partial charge in [-0.15, -0.1) is 11.8 Å². The molecule has 1 aliphatic heterocycles. The van der Waals surface area contributed by atoms with E-state index in [-0.39, 0.29) is 11.4 Å². The third-order valence-corrected chi connectivity index (χ3v) is 5.41. The number of aliphatic carboxylic acids is 1. The molecule has 0 spiro atoms. The Labute approximate surface area is 136 Å². The Kier molecular flexibility index (Phi) is 5.16. The first-order valence-electron chi connectivity index (χ1n) is 6.53. The van der Waals surface area contributed by atoms with E-state index in [1.165, 1.54) is 16.7 Å². The zero-order valence-electron chi connectivity index (χ0n) is 11.8. The maximum Gasteiger partial charge on any atom is 0.327 e. The molecule has 2 rings (SSSR count). The summed E-state index contributed by atoms with van der Waals surface area (Å²) in [6, 6.07) is 6.67. The van der Waals surface area contributed by atoms with Crippen molar-refractivity contribution < 1.29 is 14.7 Å². The first-order chi connectivity index (χ1) is 9.91. The molecule has 1 aromatic rings.